The Morgan fingerprint density at radius 1 is 1.91 bits per heavy atom. The number of rotatable bonds is 2. The van der Waals surface area contributed by atoms with Crippen LogP contribution in [0, 0.1) is 0 Å². The van der Waals surface area contributed by atoms with Gasteiger partial charge in [0.05, 0.1) is 6.20 Å². The van der Waals surface area contributed by atoms with E-state index in [2.05, 4.69) is 15.5 Å². The summed E-state index contributed by atoms with van der Waals surface area (Å²) in [5.41, 5.74) is 0. The molecule has 1 aromatic rings. The molecule has 0 aliphatic carbocycles. The summed E-state index contributed by atoms with van der Waals surface area (Å²) in [6, 6.07) is 1.65. The lowest BCUT2D eigenvalue weighted by Crippen LogP contribution is -2.20. The van der Waals surface area contributed by atoms with Gasteiger partial charge < -0.3 is 5.32 Å². The molecule has 0 aliphatic heterocycles. The molecule has 4 nitrogen and oxygen atoms in total. The number of carbonyl (C=O) groups is 1. The Morgan fingerprint density at radius 2 is 2.64 bits per heavy atom. The number of aromatic nitrogens is 2. The first kappa shape index (κ1) is 8.07. The third-order valence-electron chi connectivity index (χ3n) is 1.12. The van der Waals surface area contributed by atoms with Crippen molar-refractivity contribution < 1.29 is 4.79 Å². The van der Waals surface area contributed by atoms with E-state index in [1.165, 1.54) is 0 Å². The number of hydrogen-bond acceptors (Lipinski definition) is 2. The van der Waals surface area contributed by atoms with Crippen molar-refractivity contribution in [2.24, 2.45) is 0 Å². The largest absolute Gasteiger partial charge is 0.310 e. The van der Waals surface area contributed by atoms with Crippen molar-refractivity contribution in [3.63, 3.8) is 0 Å². The van der Waals surface area contributed by atoms with E-state index >= 15 is 0 Å². The maximum absolute atomic E-state index is 10.9. The minimum absolute atomic E-state index is 0.240. The number of alkyl halides is 1. The molecule has 1 aromatic heterocycles. The van der Waals surface area contributed by atoms with Gasteiger partial charge in [-0.3, -0.25) is 9.89 Å². The van der Waals surface area contributed by atoms with Crippen molar-refractivity contribution in [3.8, 4) is 0 Å². The highest BCUT2D eigenvalue weighted by Gasteiger charge is 2.08. The van der Waals surface area contributed by atoms with Crippen LogP contribution in [0.5, 0.6) is 0 Å². The SMILES string of the molecule is CC(Cl)C(=O)Nc1ccn[nH]1. The van der Waals surface area contributed by atoms with Gasteiger partial charge >= 0.3 is 0 Å². The summed E-state index contributed by atoms with van der Waals surface area (Å²) >= 11 is 5.50. The Labute approximate surface area is 68.9 Å². The number of nitrogens with one attached hydrogen (secondary N) is 2. The second kappa shape index (κ2) is 3.39. The molecule has 2 N–H and O–H groups in total. The quantitative estimate of drug-likeness (QED) is 0.655. The van der Waals surface area contributed by atoms with E-state index < -0.39 is 5.38 Å². The Bertz CT molecular complexity index is 232. The molecule has 0 spiro atoms. The van der Waals surface area contributed by atoms with Gasteiger partial charge in [0.25, 0.3) is 0 Å². The zero-order valence-electron chi connectivity index (χ0n) is 5.97. The third-order valence-corrected chi connectivity index (χ3v) is 1.32. The summed E-state index contributed by atoms with van der Waals surface area (Å²) in [6.45, 7) is 1.60. The molecule has 0 saturated carbocycles. The van der Waals surface area contributed by atoms with Gasteiger partial charge in [-0.2, -0.15) is 5.10 Å². The molecule has 1 rings (SSSR count). The second-order valence-corrected chi connectivity index (χ2v) is 2.73. The summed E-state index contributed by atoms with van der Waals surface area (Å²) in [5, 5.41) is 8.24. The van der Waals surface area contributed by atoms with Crippen LogP contribution in [0.4, 0.5) is 5.82 Å². The van der Waals surface area contributed by atoms with Crippen molar-refractivity contribution in [3.05, 3.63) is 12.3 Å². The van der Waals surface area contributed by atoms with E-state index in [9.17, 15) is 4.79 Å². The molecule has 60 valence electrons. The van der Waals surface area contributed by atoms with E-state index in [1.54, 1.807) is 19.2 Å². The third kappa shape index (κ3) is 2.23. The lowest BCUT2D eigenvalue weighted by atomic mass is 10.4. The number of amides is 1. The van der Waals surface area contributed by atoms with Crippen molar-refractivity contribution in [1.29, 1.82) is 0 Å². The molecule has 11 heavy (non-hydrogen) atoms. The van der Waals surface area contributed by atoms with Gasteiger partial charge in [-0.25, -0.2) is 0 Å². The van der Waals surface area contributed by atoms with Gasteiger partial charge in [-0.05, 0) is 6.92 Å². The van der Waals surface area contributed by atoms with Gasteiger partial charge in [0.15, 0.2) is 0 Å². The van der Waals surface area contributed by atoms with E-state index in [4.69, 9.17) is 11.6 Å². The molecular formula is C6H8ClN3O. The molecular weight excluding hydrogens is 166 g/mol. The predicted molar refractivity (Wildman–Crippen MR) is 42.5 cm³/mol. The van der Waals surface area contributed by atoms with Crippen LogP contribution in [0.3, 0.4) is 0 Å². The zero-order chi connectivity index (χ0) is 8.27. The molecule has 1 heterocycles. The molecule has 0 fully saturated rings. The molecule has 0 radical (unpaired) electrons. The van der Waals surface area contributed by atoms with E-state index in [0.29, 0.717) is 5.82 Å². The van der Waals surface area contributed by atoms with Gasteiger partial charge in [-0.1, -0.05) is 0 Å². The van der Waals surface area contributed by atoms with Crippen molar-refractivity contribution in [2.45, 2.75) is 12.3 Å². The first-order valence-corrected chi connectivity index (χ1v) is 3.58. The molecule has 1 atom stereocenters. The lowest BCUT2D eigenvalue weighted by Gasteiger charge is -2.01. The number of halogens is 1. The van der Waals surface area contributed by atoms with Crippen LogP contribution in [-0.4, -0.2) is 21.5 Å². The van der Waals surface area contributed by atoms with Crippen molar-refractivity contribution >= 4 is 23.3 Å². The molecule has 0 saturated heterocycles. The Balaban J connectivity index is 2.50. The number of carbonyl (C=O) groups excluding carboxylic acids is 1. The van der Waals surface area contributed by atoms with Crippen LogP contribution in [0.15, 0.2) is 12.3 Å². The maximum Gasteiger partial charge on any atom is 0.243 e. The number of anilines is 1. The topological polar surface area (TPSA) is 57.8 Å². The number of nitrogens with zero attached hydrogens (tertiary/aromatic N) is 1. The highest BCUT2D eigenvalue weighted by Crippen LogP contribution is 2.02. The highest BCUT2D eigenvalue weighted by atomic mass is 35.5. The number of H-pyrrole nitrogens is 1. The molecule has 5 heteroatoms. The fourth-order valence-corrected chi connectivity index (χ4v) is 0.612. The summed E-state index contributed by atoms with van der Waals surface area (Å²) in [7, 11) is 0. The lowest BCUT2D eigenvalue weighted by molar-refractivity contribution is -0.115. The van der Waals surface area contributed by atoms with Gasteiger partial charge in [0.2, 0.25) is 5.91 Å². The molecule has 1 unspecified atom stereocenters. The summed E-state index contributed by atoms with van der Waals surface area (Å²) in [4.78, 5) is 10.9. The van der Waals surface area contributed by atoms with Crippen LogP contribution in [0.1, 0.15) is 6.92 Å². The maximum atomic E-state index is 10.9. The first-order chi connectivity index (χ1) is 5.20. The molecule has 0 aliphatic rings. The van der Waals surface area contributed by atoms with Gasteiger partial charge in [-0.15, -0.1) is 11.6 Å². The standard InChI is InChI=1S/C6H8ClN3O/c1-4(7)6(11)9-5-2-3-8-10-5/h2-4H,1H3,(H2,8,9,10,11). The second-order valence-electron chi connectivity index (χ2n) is 2.08. The van der Waals surface area contributed by atoms with Crippen LogP contribution in [-0.2, 0) is 4.79 Å². The molecule has 0 bridgehead atoms. The number of hydrogen-bond donors (Lipinski definition) is 2. The fraction of sp³-hybridized carbons (Fsp3) is 0.333. The van der Waals surface area contributed by atoms with Crippen LogP contribution < -0.4 is 5.32 Å². The van der Waals surface area contributed by atoms with E-state index in [0.717, 1.165) is 0 Å². The van der Waals surface area contributed by atoms with E-state index in [1.807, 2.05) is 0 Å². The monoisotopic (exact) mass is 173 g/mol. The Morgan fingerprint density at radius 3 is 3.09 bits per heavy atom. The molecule has 0 aromatic carbocycles. The van der Waals surface area contributed by atoms with E-state index in [-0.39, 0.29) is 5.91 Å². The van der Waals surface area contributed by atoms with Gasteiger partial charge in [0, 0.05) is 6.07 Å². The van der Waals surface area contributed by atoms with Gasteiger partial charge in [0.1, 0.15) is 11.2 Å². The van der Waals surface area contributed by atoms with Crippen LogP contribution >= 0.6 is 11.6 Å². The van der Waals surface area contributed by atoms with Crippen molar-refractivity contribution in [1.82, 2.24) is 10.2 Å². The molecule has 1 amide bonds. The first-order valence-electron chi connectivity index (χ1n) is 3.14. The fourth-order valence-electron chi connectivity index (χ4n) is 0.558. The summed E-state index contributed by atoms with van der Waals surface area (Å²) in [6.07, 6.45) is 1.55. The highest BCUT2D eigenvalue weighted by molar-refractivity contribution is 6.32. The van der Waals surface area contributed by atoms with Crippen LogP contribution in [0.2, 0.25) is 0 Å². The number of aromatic amines is 1. The smallest absolute Gasteiger partial charge is 0.243 e. The Kier molecular flexibility index (Phi) is 2.48. The minimum Gasteiger partial charge on any atom is -0.310 e. The predicted octanol–water partition coefficient (Wildman–Crippen LogP) is 0.975. The summed E-state index contributed by atoms with van der Waals surface area (Å²) < 4.78 is 0. The van der Waals surface area contributed by atoms with Crippen LogP contribution in [0.25, 0.3) is 0 Å². The van der Waals surface area contributed by atoms with Crippen molar-refractivity contribution in [2.75, 3.05) is 5.32 Å². The average molecular weight is 174 g/mol. The minimum atomic E-state index is -0.529. The Hall–Kier alpha value is -1.03. The average Bonchev–Trinajstić information content (AvgIpc) is 2.39. The normalized spacial score (nSPS) is 12.5. The zero-order valence-corrected chi connectivity index (χ0v) is 6.72. The summed E-state index contributed by atoms with van der Waals surface area (Å²) in [5.74, 6) is 0.318.